The first-order chi connectivity index (χ1) is 16.1. The van der Waals surface area contributed by atoms with Gasteiger partial charge in [-0.1, -0.05) is 42.5 Å². The second kappa shape index (κ2) is 9.43. The Balaban J connectivity index is 1.46. The molecule has 0 saturated carbocycles. The number of hydrogen-bond donors (Lipinski definition) is 0. The van der Waals surface area contributed by atoms with Crippen molar-refractivity contribution in [2.45, 2.75) is 36.4 Å². The van der Waals surface area contributed by atoms with Crippen molar-refractivity contribution in [2.24, 2.45) is 0 Å². The number of nitrogens with zero attached hydrogens (tertiary/aromatic N) is 2. The summed E-state index contributed by atoms with van der Waals surface area (Å²) in [7, 11) is -4.39. The van der Waals surface area contributed by atoms with Crippen LogP contribution in [0.15, 0.2) is 59.5 Å². The Hall–Kier alpha value is -2.83. The van der Waals surface area contributed by atoms with Crippen LogP contribution in [0.25, 0.3) is 0 Å². The molecule has 0 unspecified atom stereocenters. The summed E-state index contributed by atoms with van der Waals surface area (Å²) in [5.41, 5.74) is -0.430. The average Bonchev–Trinajstić information content (AvgIpc) is 3.21. The Bertz CT molecular complexity index is 1120. The lowest BCUT2D eigenvalue weighted by molar-refractivity contribution is -0.275. The van der Waals surface area contributed by atoms with Gasteiger partial charge in [0.2, 0.25) is 10.0 Å². The van der Waals surface area contributed by atoms with Crippen molar-refractivity contribution in [3.63, 3.8) is 0 Å². The highest BCUT2D eigenvalue weighted by Gasteiger charge is 2.52. The van der Waals surface area contributed by atoms with E-state index in [0.717, 1.165) is 22.0 Å². The molecule has 2 saturated heterocycles. The van der Waals surface area contributed by atoms with Crippen LogP contribution in [0.2, 0.25) is 0 Å². The number of sulfonamides is 1. The fourth-order valence-electron chi connectivity index (χ4n) is 4.17. The molecule has 0 N–H and O–H groups in total. The van der Waals surface area contributed by atoms with Crippen molar-refractivity contribution < 1.29 is 40.6 Å². The summed E-state index contributed by atoms with van der Waals surface area (Å²) in [5, 5.41) is 0. The molecule has 2 heterocycles. The number of carbonyl (C=O) groups excluding carboxylic acids is 1. The number of piperidine rings is 1. The SMILES string of the molecule is O=C(OCc1ccccc1)N1CCC2(CC1)OCCN2S(=O)(=O)c1ccccc1OC(F)(F)F. The second-order valence-corrected chi connectivity index (χ2v) is 9.72. The first-order valence-electron chi connectivity index (χ1n) is 10.6. The molecule has 4 rings (SSSR count). The highest BCUT2D eigenvalue weighted by molar-refractivity contribution is 7.89. The van der Waals surface area contributed by atoms with Gasteiger partial charge in [0.05, 0.1) is 6.61 Å². The number of likely N-dealkylation sites (tertiary alicyclic amines) is 1. The minimum Gasteiger partial charge on any atom is -0.445 e. The summed E-state index contributed by atoms with van der Waals surface area (Å²) in [4.78, 5) is 13.3. The molecule has 2 aromatic rings. The van der Waals surface area contributed by atoms with E-state index in [1.54, 1.807) is 0 Å². The molecule has 2 aliphatic rings. The summed E-state index contributed by atoms with van der Waals surface area (Å²) in [6.45, 7) is 0.496. The summed E-state index contributed by atoms with van der Waals surface area (Å²) in [5.74, 6) is -0.807. The number of benzene rings is 2. The van der Waals surface area contributed by atoms with Gasteiger partial charge in [-0.25, -0.2) is 13.2 Å². The van der Waals surface area contributed by atoms with E-state index in [1.807, 2.05) is 30.3 Å². The van der Waals surface area contributed by atoms with E-state index in [2.05, 4.69) is 4.74 Å². The Kier molecular flexibility index (Phi) is 6.74. The zero-order chi connectivity index (χ0) is 24.4. The normalized spacial score (nSPS) is 18.7. The third kappa shape index (κ3) is 5.13. The summed E-state index contributed by atoms with van der Waals surface area (Å²) in [6, 6.07) is 13.8. The van der Waals surface area contributed by atoms with Crippen LogP contribution in [0.5, 0.6) is 5.75 Å². The minimum absolute atomic E-state index is 0.0266. The number of amides is 1. The van der Waals surface area contributed by atoms with E-state index in [1.165, 1.54) is 17.0 Å². The van der Waals surface area contributed by atoms with E-state index in [4.69, 9.17) is 9.47 Å². The maximum absolute atomic E-state index is 13.4. The smallest absolute Gasteiger partial charge is 0.445 e. The van der Waals surface area contributed by atoms with Crippen LogP contribution >= 0.6 is 0 Å². The number of ether oxygens (including phenoxy) is 3. The van der Waals surface area contributed by atoms with Gasteiger partial charge in [0.1, 0.15) is 23.0 Å². The van der Waals surface area contributed by atoms with Gasteiger partial charge in [0.15, 0.2) is 0 Å². The number of halogens is 3. The van der Waals surface area contributed by atoms with Crippen LogP contribution in [0.3, 0.4) is 0 Å². The molecule has 8 nitrogen and oxygen atoms in total. The van der Waals surface area contributed by atoms with E-state index in [9.17, 15) is 26.4 Å². The zero-order valence-electron chi connectivity index (χ0n) is 18.0. The Morgan fingerprint density at radius 2 is 1.65 bits per heavy atom. The van der Waals surface area contributed by atoms with Crippen LogP contribution in [0.1, 0.15) is 18.4 Å². The molecule has 2 fully saturated rings. The summed E-state index contributed by atoms with van der Waals surface area (Å²) in [6.07, 6.45) is -5.28. The Labute approximate surface area is 194 Å². The lowest BCUT2D eigenvalue weighted by Crippen LogP contribution is -2.55. The molecule has 0 aromatic heterocycles. The van der Waals surface area contributed by atoms with Gasteiger partial charge in [0.25, 0.3) is 0 Å². The summed E-state index contributed by atoms with van der Waals surface area (Å²) >= 11 is 0. The highest BCUT2D eigenvalue weighted by Crippen LogP contribution is 2.41. The first kappa shape index (κ1) is 24.3. The standard InChI is InChI=1S/C22H23F3N2O6S/c23-22(24,25)33-18-8-4-5-9-19(18)34(29,30)27-14-15-32-21(27)10-12-26(13-11-21)20(28)31-16-17-6-2-1-3-7-17/h1-9H,10-16H2. The molecule has 1 spiro atoms. The average molecular weight is 500 g/mol. The van der Waals surface area contributed by atoms with Crippen LogP contribution < -0.4 is 4.74 Å². The molecule has 1 amide bonds. The zero-order valence-corrected chi connectivity index (χ0v) is 18.8. The van der Waals surface area contributed by atoms with Crippen LogP contribution in [-0.2, 0) is 26.1 Å². The predicted octanol–water partition coefficient (Wildman–Crippen LogP) is 3.74. The van der Waals surface area contributed by atoms with E-state index >= 15 is 0 Å². The molecule has 0 bridgehead atoms. The fourth-order valence-corrected chi connectivity index (χ4v) is 6.01. The number of hydrogen-bond acceptors (Lipinski definition) is 6. The Morgan fingerprint density at radius 1 is 1.00 bits per heavy atom. The van der Waals surface area contributed by atoms with Crippen LogP contribution in [0.4, 0.5) is 18.0 Å². The minimum atomic E-state index is -5.05. The lowest BCUT2D eigenvalue weighted by atomic mass is 10.0. The van der Waals surface area contributed by atoms with Crippen LogP contribution in [0, 0.1) is 0 Å². The number of carbonyl (C=O) groups is 1. The number of rotatable bonds is 5. The molecular formula is C22H23F3N2O6S. The van der Waals surface area contributed by atoms with Crippen molar-refractivity contribution in [1.29, 1.82) is 0 Å². The topological polar surface area (TPSA) is 85.4 Å². The quantitative estimate of drug-likeness (QED) is 0.622. The van der Waals surface area contributed by atoms with Crippen molar-refractivity contribution in [3.8, 4) is 5.75 Å². The molecule has 0 aliphatic carbocycles. The fraction of sp³-hybridized carbons (Fsp3) is 0.409. The predicted molar refractivity (Wildman–Crippen MR) is 113 cm³/mol. The van der Waals surface area contributed by atoms with Crippen molar-refractivity contribution >= 4 is 16.1 Å². The van der Waals surface area contributed by atoms with E-state index in [-0.39, 0.29) is 45.7 Å². The van der Waals surface area contributed by atoms with Gasteiger partial charge in [-0.05, 0) is 17.7 Å². The van der Waals surface area contributed by atoms with E-state index in [0.29, 0.717) is 0 Å². The molecule has 0 radical (unpaired) electrons. The molecule has 2 aromatic carbocycles. The highest BCUT2D eigenvalue weighted by atomic mass is 32.2. The lowest BCUT2D eigenvalue weighted by Gasteiger charge is -2.42. The maximum Gasteiger partial charge on any atom is 0.573 e. The van der Waals surface area contributed by atoms with Crippen LogP contribution in [-0.4, -0.2) is 62.0 Å². The second-order valence-electron chi connectivity index (χ2n) is 7.89. The van der Waals surface area contributed by atoms with Crippen molar-refractivity contribution in [1.82, 2.24) is 9.21 Å². The number of para-hydroxylation sites is 1. The van der Waals surface area contributed by atoms with E-state index < -0.39 is 38.8 Å². The van der Waals surface area contributed by atoms with Gasteiger partial charge in [-0.2, -0.15) is 4.31 Å². The van der Waals surface area contributed by atoms with Crippen molar-refractivity contribution in [3.05, 3.63) is 60.2 Å². The molecule has 2 aliphatic heterocycles. The molecule has 0 atom stereocenters. The largest absolute Gasteiger partial charge is 0.573 e. The summed E-state index contributed by atoms with van der Waals surface area (Å²) < 4.78 is 81.4. The molecular weight excluding hydrogens is 477 g/mol. The van der Waals surface area contributed by atoms with Gasteiger partial charge in [-0.3, -0.25) is 0 Å². The van der Waals surface area contributed by atoms with Gasteiger partial charge in [-0.15, -0.1) is 13.2 Å². The maximum atomic E-state index is 13.4. The first-order valence-corrected chi connectivity index (χ1v) is 12.0. The Morgan fingerprint density at radius 3 is 2.32 bits per heavy atom. The van der Waals surface area contributed by atoms with Crippen molar-refractivity contribution in [2.75, 3.05) is 26.2 Å². The molecule has 34 heavy (non-hydrogen) atoms. The third-order valence-electron chi connectivity index (χ3n) is 5.77. The molecule has 184 valence electrons. The number of alkyl halides is 3. The monoisotopic (exact) mass is 500 g/mol. The third-order valence-corrected chi connectivity index (χ3v) is 7.76. The van der Waals surface area contributed by atoms with Gasteiger partial charge in [0, 0.05) is 32.5 Å². The van der Waals surface area contributed by atoms with Gasteiger partial charge >= 0.3 is 12.5 Å². The molecule has 12 heteroatoms. The van der Waals surface area contributed by atoms with Gasteiger partial charge < -0.3 is 19.1 Å².